The molecule has 3 heteroatoms. The zero-order valence-electron chi connectivity index (χ0n) is 7.61. The van der Waals surface area contributed by atoms with Crippen molar-refractivity contribution >= 4 is 0 Å². The summed E-state index contributed by atoms with van der Waals surface area (Å²) in [5.74, 6) is 6.39. The predicted octanol–water partition coefficient (Wildman–Crippen LogP) is 1.39. The van der Waals surface area contributed by atoms with Crippen LogP contribution < -0.4 is 11.3 Å². The van der Waals surface area contributed by atoms with Crippen molar-refractivity contribution in [3.05, 3.63) is 30.1 Å². The second-order valence-electron chi connectivity index (χ2n) is 3.68. The van der Waals surface area contributed by atoms with Gasteiger partial charge in [0.1, 0.15) is 0 Å². The molecule has 0 aliphatic heterocycles. The molecule has 0 saturated heterocycles. The topological polar surface area (TPSA) is 50.9 Å². The quantitative estimate of drug-likeness (QED) is 0.539. The van der Waals surface area contributed by atoms with E-state index in [1.54, 1.807) is 0 Å². The second-order valence-corrected chi connectivity index (χ2v) is 3.68. The van der Waals surface area contributed by atoms with E-state index < -0.39 is 0 Å². The smallest absolute Gasteiger partial charge is 0.0463 e. The lowest BCUT2D eigenvalue weighted by molar-refractivity contribution is 0.487. The van der Waals surface area contributed by atoms with E-state index in [4.69, 9.17) is 5.84 Å². The number of hydrogen-bond donors (Lipinski definition) is 2. The third kappa shape index (κ3) is 2.26. The van der Waals surface area contributed by atoms with Crippen LogP contribution in [0, 0.1) is 5.92 Å². The molecule has 1 aliphatic carbocycles. The van der Waals surface area contributed by atoms with E-state index in [0.717, 1.165) is 12.3 Å². The van der Waals surface area contributed by atoms with Crippen LogP contribution in [0.25, 0.3) is 0 Å². The van der Waals surface area contributed by atoms with Crippen LogP contribution in [0.2, 0.25) is 0 Å². The average Bonchev–Trinajstić information content (AvgIpc) is 2.99. The molecule has 2 rings (SSSR count). The lowest BCUT2D eigenvalue weighted by Gasteiger charge is -2.15. The van der Waals surface area contributed by atoms with Gasteiger partial charge in [-0.1, -0.05) is 12.8 Å². The lowest BCUT2D eigenvalue weighted by atomic mass is 10.0. The van der Waals surface area contributed by atoms with Crippen molar-refractivity contribution in [2.24, 2.45) is 11.8 Å². The van der Waals surface area contributed by atoms with Crippen molar-refractivity contribution in [3.8, 4) is 0 Å². The lowest BCUT2D eigenvalue weighted by Crippen LogP contribution is -2.28. The summed E-state index contributed by atoms with van der Waals surface area (Å²) in [5.41, 5.74) is 4.10. The van der Waals surface area contributed by atoms with Gasteiger partial charge < -0.3 is 0 Å². The van der Waals surface area contributed by atoms with Crippen LogP contribution in [0.1, 0.15) is 30.9 Å². The van der Waals surface area contributed by atoms with Crippen LogP contribution in [0.15, 0.2) is 24.5 Å². The van der Waals surface area contributed by atoms with Crippen LogP contribution in [-0.2, 0) is 0 Å². The third-order valence-electron chi connectivity index (χ3n) is 2.58. The molecule has 1 unspecified atom stereocenters. The van der Waals surface area contributed by atoms with Crippen molar-refractivity contribution in [2.45, 2.75) is 25.3 Å². The molecule has 1 aromatic rings. The van der Waals surface area contributed by atoms with E-state index >= 15 is 0 Å². The van der Waals surface area contributed by atoms with Gasteiger partial charge in [0.25, 0.3) is 0 Å². The summed E-state index contributed by atoms with van der Waals surface area (Å²) in [7, 11) is 0. The molecule has 0 bridgehead atoms. The van der Waals surface area contributed by atoms with Gasteiger partial charge in [-0.2, -0.15) is 0 Å². The van der Waals surface area contributed by atoms with E-state index in [0.29, 0.717) is 6.04 Å². The zero-order chi connectivity index (χ0) is 9.10. The molecule has 0 aromatic carbocycles. The number of hydrogen-bond acceptors (Lipinski definition) is 3. The Bertz CT molecular complexity index is 256. The highest BCUT2D eigenvalue weighted by Crippen LogP contribution is 2.37. The number of aromatic nitrogens is 1. The normalized spacial score (nSPS) is 18.5. The molecule has 1 aliphatic rings. The van der Waals surface area contributed by atoms with Gasteiger partial charge in [0.15, 0.2) is 0 Å². The van der Waals surface area contributed by atoms with Crippen LogP contribution in [0.3, 0.4) is 0 Å². The second kappa shape index (κ2) is 3.85. The number of pyridine rings is 1. The molecular weight excluding hydrogens is 162 g/mol. The number of nitrogens with two attached hydrogens (primary N) is 1. The van der Waals surface area contributed by atoms with E-state index in [-0.39, 0.29) is 0 Å². The van der Waals surface area contributed by atoms with Gasteiger partial charge in [-0.3, -0.25) is 16.3 Å². The molecule has 1 fully saturated rings. The van der Waals surface area contributed by atoms with E-state index in [1.807, 2.05) is 24.5 Å². The molecule has 3 N–H and O–H groups in total. The Kier molecular flexibility index (Phi) is 2.57. The SMILES string of the molecule is NNC(CC1CC1)c1ccncc1. The molecule has 3 nitrogen and oxygen atoms in total. The summed E-state index contributed by atoms with van der Waals surface area (Å²) >= 11 is 0. The Balaban J connectivity index is 2.02. The van der Waals surface area contributed by atoms with Crippen LogP contribution in [0.4, 0.5) is 0 Å². The van der Waals surface area contributed by atoms with Crippen molar-refractivity contribution < 1.29 is 0 Å². The zero-order valence-corrected chi connectivity index (χ0v) is 7.61. The third-order valence-corrected chi connectivity index (χ3v) is 2.58. The summed E-state index contributed by atoms with van der Waals surface area (Å²) in [4.78, 5) is 3.99. The van der Waals surface area contributed by atoms with Crippen LogP contribution in [-0.4, -0.2) is 4.98 Å². The molecule has 1 atom stereocenters. The van der Waals surface area contributed by atoms with Crippen molar-refractivity contribution in [1.29, 1.82) is 0 Å². The minimum atomic E-state index is 0.301. The fourth-order valence-corrected chi connectivity index (χ4v) is 1.58. The van der Waals surface area contributed by atoms with Gasteiger partial charge in [-0.15, -0.1) is 0 Å². The fraction of sp³-hybridized carbons (Fsp3) is 0.500. The summed E-state index contributed by atoms with van der Waals surface area (Å²) in [6, 6.07) is 4.34. The highest BCUT2D eigenvalue weighted by atomic mass is 15.2. The summed E-state index contributed by atoms with van der Waals surface area (Å²) in [6.07, 6.45) is 7.51. The van der Waals surface area contributed by atoms with E-state index in [2.05, 4.69) is 10.4 Å². The first-order chi connectivity index (χ1) is 6.40. The first-order valence-electron chi connectivity index (χ1n) is 4.76. The van der Waals surface area contributed by atoms with Crippen LogP contribution in [0.5, 0.6) is 0 Å². The number of hydrazine groups is 1. The molecule has 1 heterocycles. The maximum absolute atomic E-state index is 5.51. The standard InChI is InChI=1S/C10H15N3/c11-13-10(7-8-1-2-8)9-3-5-12-6-4-9/h3-6,8,10,13H,1-2,7,11H2. The average molecular weight is 177 g/mol. The Morgan fingerprint density at radius 3 is 2.69 bits per heavy atom. The molecular formula is C10H15N3. The molecule has 1 saturated carbocycles. The Labute approximate surface area is 78.3 Å². The monoisotopic (exact) mass is 177 g/mol. The molecule has 0 radical (unpaired) electrons. The molecule has 0 amide bonds. The van der Waals surface area contributed by atoms with Gasteiger partial charge in [-0.25, -0.2) is 0 Å². The maximum Gasteiger partial charge on any atom is 0.0463 e. The van der Waals surface area contributed by atoms with Crippen molar-refractivity contribution in [3.63, 3.8) is 0 Å². The summed E-state index contributed by atoms with van der Waals surface area (Å²) in [5, 5.41) is 0. The number of nitrogens with zero attached hydrogens (tertiary/aromatic N) is 1. The minimum Gasteiger partial charge on any atom is -0.271 e. The Hall–Kier alpha value is -0.930. The number of rotatable bonds is 4. The van der Waals surface area contributed by atoms with Gasteiger partial charge in [0, 0.05) is 18.4 Å². The molecule has 13 heavy (non-hydrogen) atoms. The van der Waals surface area contributed by atoms with Gasteiger partial charge >= 0.3 is 0 Å². The maximum atomic E-state index is 5.51. The van der Waals surface area contributed by atoms with Gasteiger partial charge in [0.2, 0.25) is 0 Å². The highest BCUT2D eigenvalue weighted by molar-refractivity contribution is 5.15. The first kappa shape index (κ1) is 8.66. The fourth-order valence-electron chi connectivity index (χ4n) is 1.58. The summed E-state index contributed by atoms with van der Waals surface area (Å²) < 4.78 is 0. The van der Waals surface area contributed by atoms with E-state index in [1.165, 1.54) is 18.4 Å². The first-order valence-corrected chi connectivity index (χ1v) is 4.76. The minimum absolute atomic E-state index is 0.301. The Morgan fingerprint density at radius 2 is 2.15 bits per heavy atom. The molecule has 0 spiro atoms. The van der Waals surface area contributed by atoms with Crippen molar-refractivity contribution in [2.75, 3.05) is 0 Å². The predicted molar refractivity (Wildman–Crippen MR) is 51.6 cm³/mol. The van der Waals surface area contributed by atoms with E-state index in [9.17, 15) is 0 Å². The Morgan fingerprint density at radius 1 is 1.46 bits per heavy atom. The van der Waals surface area contributed by atoms with Gasteiger partial charge in [0.05, 0.1) is 0 Å². The molecule has 1 aromatic heterocycles. The van der Waals surface area contributed by atoms with Crippen molar-refractivity contribution in [1.82, 2.24) is 10.4 Å². The van der Waals surface area contributed by atoms with Gasteiger partial charge in [-0.05, 0) is 30.0 Å². The number of nitrogens with one attached hydrogen (secondary N) is 1. The highest BCUT2D eigenvalue weighted by Gasteiger charge is 2.25. The van der Waals surface area contributed by atoms with Crippen LogP contribution >= 0.6 is 0 Å². The largest absolute Gasteiger partial charge is 0.271 e. The molecule has 70 valence electrons. The summed E-state index contributed by atoms with van der Waals surface area (Å²) in [6.45, 7) is 0.